The zero-order chi connectivity index (χ0) is 21.1. The summed E-state index contributed by atoms with van der Waals surface area (Å²) in [7, 11) is 0. The van der Waals surface area contributed by atoms with Gasteiger partial charge in [0, 0.05) is 18.0 Å². The van der Waals surface area contributed by atoms with Crippen molar-refractivity contribution < 1.29 is 32.5 Å². The van der Waals surface area contributed by atoms with E-state index < -0.39 is 12.1 Å². The second kappa shape index (κ2) is 8.32. The summed E-state index contributed by atoms with van der Waals surface area (Å²) in [6, 6.07) is 17.0. The number of hydrogen-bond donors (Lipinski definition) is 2. The Hall–Kier alpha value is -2.74. The lowest BCUT2D eigenvalue weighted by atomic mass is 10.1. The Morgan fingerprint density at radius 1 is 1.14 bits per heavy atom. The van der Waals surface area contributed by atoms with Gasteiger partial charge in [-0.15, -0.1) is 0 Å². The first-order valence-corrected chi connectivity index (χ1v) is 9.18. The third-order valence-corrected chi connectivity index (χ3v) is 4.98. The van der Waals surface area contributed by atoms with Crippen LogP contribution >= 0.6 is 0 Å². The summed E-state index contributed by atoms with van der Waals surface area (Å²) in [6.45, 7) is 4.44. The van der Waals surface area contributed by atoms with Crippen molar-refractivity contribution in [2.24, 2.45) is 0 Å². The maximum absolute atomic E-state index is 10.6. The third-order valence-electron chi connectivity index (χ3n) is 4.98. The first-order valence-electron chi connectivity index (χ1n) is 9.18. The molecule has 1 aliphatic carbocycles. The lowest BCUT2D eigenvalue weighted by Crippen LogP contribution is -2.29. The number of carboxylic acids is 1. The second-order valence-corrected chi connectivity index (χ2v) is 7.22. The van der Waals surface area contributed by atoms with E-state index >= 15 is 0 Å². The van der Waals surface area contributed by atoms with Crippen molar-refractivity contribution in [2.45, 2.75) is 37.5 Å². The van der Waals surface area contributed by atoms with Gasteiger partial charge < -0.3 is 19.9 Å². The Morgan fingerprint density at radius 2 is 1.76 bits per heavy atom. The molecule has 0 bridgehead atoms. The number of carboxylic acid groups (broad SMARTS) is 1. The minimum atomic E-state index is -5.08. The van der Waals surface area contributed by atoms with Crippen molar-refractivity contribution in [2.75, 3.05) is 13.2 Å². The molecule has 5 nitrogen and oxygen atoms in total. The van der Waals surface area contributed by atoms with Crippen molar-refractivity contribution in [3.05, 3.63) is 59.7 Å². The Kier molecular flexibility index (Phi) is 6.02. The van der Waals surface area contributed by atoms with Gasteiger partial charge >= 0.3 is 12.1 Å². The molecule has 0 spiro atoms. The van der Waals surface area contributed by atoms with Gasteiger partial charge in [0.1, 0.15) is 13.2 Å². The standard InChI is InChI=1S/C19H21NO2.C2HF3O2/c1-19(12-16(19)15-5-3-2-4-6-15)20-13-14-7-8-17-18(11-14)22-10-9-21-17;3-2(4,5)1(6)7/h2-8,11,16,20H,9-10,12-13H2,1H3;(H,6,7). The van der Waals surface area contributed by atoms with E-state index in [-0.39, 0.29) is 5.54 Å². The monoisotopic (exact) mass is 409 g/mol. The summed E-state index contributed by atoms with van der Waals surface area (Å²) in [6.07, 6.45) is -3.89. The molecule has 1 fully saturated rings. The second-order valence-electron chi connectivity index (χ2n) is 7.22. The van der Waals surface area contributed by atoms with Gasteiger partial charge in [0.05, 0.1) is 0 Å². The molecule has 156 valence electrons. The van der Waals surface area contributed by atoms with E-state index in [0.29, 0.717) is 19.1 Å². The van der Waals surface area contributed by atoms with Gasteiger partial charge in [-0.05, 0) is 36.6 Å². The van der Waals surface area contributed by atoms with E-state index in [1.54, 1.807) is 0 Å². The van der Waals surface area contributed by atoms with Crippen LogP contribution in [0.2, 0.25) is 0 Å². The molecule has 2 atom stereocenters. The highest BCUT2D eigenvalue weighted by Crippen LogP contribution is 2.51. The molecular weight excluding hydrogens is 387 g/mol. The Labute approximate surface area is 166 Å². The maximum atomic E-state index is 10.6. The largest absolute Gasteiger partial charge is 0.490 e. The molecule has 0 amide bonds. The van der Waals surface area contributed by atoms with E-state index in [4.69, 9.17) is 19.4 Å². The fourth-order valence-electron chi connectivity index (χ4n) is 3.23. The molecule has 2 aliphatic rings. The molecule has 0 radical (unpaired) electrons. The zero-order valence-corrected chi connectivity index (χ0v) is 15.8. The SMILES string of the molecule is CC1(NCc2ccc3c(c2)OCCO3)CC1c1ccccc1.O=C(O)C(F)(F)F. The highest BCUT2D eigenvalue weighted by Gasteiger charge is 2.50. The number of fused-ring (bicyclic) bond motifs is 1. The van der Waals surface area contributed by atoms with Crippen LogP contribution in [0.1, 0.15) is 30.4 Å². The van der Waals surface area contributed by atoms with Crippen LogP contribution in [-0.4, -0.2) is 36.0 Å². The predicted molar refractivity (Wildman–Crippen MR) is 100 cm³/mol. The van der Waals surface area contributed by atoms with Crippen LogP contribution in [-0.2, 0) is 11.3 Å². The van der Waals surface area contributed by atoms with Crippen LogP contribution in [0.4, 0.5) is 13.2 Å². The minimum Gasteiger partial charge on any atom is -0.486 e. The van der Waals surface area contributed by atoms with E-state index in [0.717, 1.165) is 18.0 Å². The fourth-order valence-corrected chi connectivity index (χ4v) is 3.23. The average molecular weight is 409 g/mol. The van der Waals surface area contributed by atoms with Gasteiger partial charge in [-0.25, -0.2) is 4.79 Å². The molecule has 2 aromatic rings. The number of ether oxygens (including phenoxy) is 2. The quantitative estimate of drug-likeness (QED) is 0.795. The molecule has 2 N–H and O–H groups in total. The molecule has 1 saturated carbocycles. The van der Waals surface area contributed by atoms with Crippen molar-refractivity contribution in [1.82, 2.24) is 5.32 Å². The number of benzene rings is 2. The molecule has 8 heteroatoms. The summed E-state index contributed by atoms with van der Waals surface area (Å²) < 4.78 is 43.0. The lowest BCUT2D eigenvalue weighted by Gasteiger charge is -2.20. The van der Waals surface area contributed by atoms with Gasteiger partial charge in [0.25, 0.3) is 0 Å². The van der Waals surface area contributed by atoms with E-state index in [2.05, 4.69) is 54.7 Å². The van der Waals surface area contributed by atoms with Crippen LogP contribution in [0, 0.1) is 0 Å². The molecule has 1 aliphatic heterocycles. The van der Waals surface area contributed by atoms with E-state index in [9.17, 15) is 13.2 Å². The summed E-state index contributed by atoms with van der Waals surface area (Å²) in [4.78, 5) is 8.90. The van der Waals surface area contributed by atoms with Crippen molar-refractivity contribution in [3.8, 4) is 11.5 Å². The first kappa shape index (κ1) is 21.0. The van der Waals surface area contributed by atoms with Gasteiger partial charge in [0.15, 0.2) is 11.5 Å². The van der Waals surface area contributed by atoms with Gasteiger partial charge in [-0.2, -0.15) is 13.2 Å². The van der Waals surface area contributed by atoms with Gasteiger partial charge in [0.2, 0.25) is 0 Å². The van der Waals surface area contributed by atoms with Gasteiger partial charge in [-0.3, -0.25) is 0 Å². The maximum Gasteiger partial charge on any atom is 0.490 e. The summed E-state index contributed by atoms with van der Waals surface area (Å²) in [5.74, 6) is -0.417. The van der Waals surface area contributed by atoms with Crippen LogP contribution in [0.5, 0.6) is 11.5 Å². The van der Waals surface area contributed by atoms with Crippen LogP contribution in [0.15, 0.2) is 48.5 Å². The Bertz CT molecular complexity index is 857. The van der Waals surface area contributed by atoms with E-state index in [1.165, 1.54) is 17.5 Å². The smallest absolute Gasteiger partial charge is 0.486 e. The number of hydrogen-bond acceptors (Lipinski definition) is 4. The van der Waals surface area contributed by atoms with Crippen molar-refractivity contribution >= 4 is 5.97 Å². The lowest BCUT2D eigenvalue weighted by molar-refractivity contribution is -0.192. The van der Waals surface area contributed by atoms with E-state index in [1.807, 2.05) is 6.07 Å². The summed E-state index contributed by atoms with van der Waals surface area (Å²) in [5, 5.41) is 10.8. The molecule has 0 aromatic heterocycles. The van der Waals surface area contributed by atoms with Crippen molar-refractivity contribution in [3.63, 3.8) is 0 Å². The topological polar surface area (TPSA) is 67.8 Å². The number of halogens is 3. The predicted octanol–water partition coefficient (Wildman–Crippen LogP) is 4.13. The van der Waals surface area contributed by atoms with Crippen LogP contribution in [0.25, 0.3) is 0 Å². The van der Waals surface area contributed by atoms with Crippen LogP contribution in [0.3, 0.4) is 0 Å². The molecule has 1 heterocycles. The highest BCUT2D eigenvalue weighted by atomic mass is 19.4. The number of rotatable bonds is 4. The Morgan fingerprint density at radius 3 is 2.38 bits per heavy atom. The molecule has 2 aromatic carbocycles. The van der Waals surface area contributed by atoms with Crippen LogP contribution < -0.4 is 14.8 Å². The zero-order valence-electron chi connectivity index (χ0n) is 15.8. The minimum absolute atomic E-state index is 0.203. The number of carbonyl (C=O) groups is 1. The normalized spacial score (nSPS) is 22.3. The third kappa shape index (κ3) is 5.41. The van der Waals surface area contributed by atoms with Gasteiger partial charge in [-0.1, -0.05) is 36.4 Å². The molecule has 4 rings (SSSR count). The number of aliphatic carboxylic acids is 1. The highest BCUT2D eigenvalue weighted by molar-refractivity contribution is 5.73. The first-order chi connectivity index (χ1) is 13.7. The summed E-state index contributed by atoms with van der Waals surface area (Å²) in [5.41, 5.74) is 2.87. The fraction of sp³-hybridized carbons (Fsp3) is 0.381. The molecular formula is C21H22F3NO4. The molecule has 2 unspecified atom stereocenters. The Balaban J connectivity index is 0.000000298. The van der Waals surface area contributed by atoms with Crippen molar-refractivity contribution in [1.29, 1.82) is 0 Å². The number of alkyl halides is 3. The molecule has 0 saturated heterocycles. The summed E-state index contributed by atoms with van der Waals surface area (Å²) >= 11 is 0. The molecule has 29 heavy (non-hydrogen) atoms. The number of nitrogens with one attached hydrogen (secondary N) is 1. The average Bonchev–Trinajstić information content (AvgIpc) is 3.38.